The fourth-order valence-electron chi connectivity index (χ4n) is 2.00. The molecule has 1 atom stereocenters. The van der Waals surface area contributed by atoms with Crippen molar-refractivity contribution in [2.45, 2.75) is 32.4 Å². The average Bonchev–Trinajstić information content (AvgIpc) is 2.37. The van der Waals surface area contributed by atoms with Crippen molar-refractivity contribution in [1.29, 1.82) is 0 Å². The number of amides is 1. The van der Waals surface area contributed by atoms with E-state index in [1.54, 1.807) is 0 Å². The number of nitrogens with two attached hydrogens (primary N) is 1. The molecule has 118 valence electrons. The highest BCUT2D eigenvalue weighted by Crippen LogP contribution is 2.23. The monoisotopic (exact) mass is 293 g/mol. The van der Waals surface area contributed by atoms with Gasteiger partial charge < -0.3 is 15.4 Å². The van der Waals surface area contributed by atoms with Gasteiger partial charge in [0.15, 0.2) is 0 Å². The van der Waals surface area contributed by atoms with Crippen molar-refractivity contribution < 1.29 is 9.53 Å². The number of nitrogens with zero attached hydrogens (tertiary/aromatic N) is 1. The Morgan fingerprint density at radius 1 is 1.33 bits per heavy atom. The second-order valence-electron chi connectivity index (χ2n) is 5.91. The van der Waals surface area contributed by atoms with E-state index in [0.717, 1.165) is 17.9 Å². The maximum Gasteiger partial charge on any atom is 0.242 e. The fraction of sp³-hybridized carbons (Fsp3) is 0.562. The van der Waals surface area contributed by atoms with Gasteiger partial charge in [-0.15, -0.1) is 0 Å². The standard InChI is InChI=1S/C16H27N3O2/c1-12(2)21-14-8-6-13(7-9-14)16(3,15(17)20)18-10-11-19(4)5/h6-9,12,18H,10-11H2,1-5H3,(H2,17,20). The number of primary amides is 1. The molecule has 1 aromatic carbocycles. The third kappa shape index (κ3) is 5.02. The molecule has 0 aromatic heterocycles. The summed E-state index contributed by atoms with van der Waals surface area (Å²) in [6, 6.07) is 7.49. The van der Waals surface area contributed by atoms with Crippen LogP contribution in [0.1, 0.15) is 26.3 Å². The minimum absolute atomic E-state index is 0.122. The SMILES string of the molecule is CC(C)Oc1ccc(C(C)(NCCN(C)C)C(N)=O)cc1. The molecular weight excluding hydrogens is 266 g/mol. The lowest BCUT2D eigenvalue weighted by Crippen LogP contribution is -2.51. The molecule has 1 amide bonds. The van der Waals surface area contributed by atoms with Gasteiger partial charge in [-0.1, -0.05) is 12.1 Å². The summed E-state index contributed by atoms with van der Waals surface area (Å²) in [6.07, 6.45) is 0.122. The van der Waals surface area contributed by atoms with Crippen LogP contribution in [-0.2, 0) is 10.3 Å². The van der Waals surface area contributed by atoms with Gasteiger partial charge in [0, 0.05) is 13.1 Å². The Kier molecular flexibility index (Phi) is 6.18. The van der Waals surface area contributed by atoms with E-state index in [1.807, 2.05) is 64.0 Å². The van der Waals surface area contributed by atoms with Gasteiger partial charge in [-0.05, 0) is 52.6 Å². The second kappa shape index (κ2) is 7.43. The number of nitrogens with one attached hydrogen (secondary N) is 1. The van der Waals surface area contributed by atoms with Gasteiger partial charge in [0.1, 0.15) is 11.3 Å². The van der Waals surface area contributed by atoms with Crippen LogP contribution in [0.15, 0.2) is 24.3 Å². The summed E-state index contributed by atoms with van der Waals surface area (Å²) in [5, 5.41) is 3.25. The summed E-state index contributed by atoms with van der Waals surface area (Å²) in [6.45, 7) is 7.27. The maximum atomic E-state index is 11.9. The number of rotatable bonds is 8. The lowest BCUT2D eigenvalue weighted by Gasteiger charge is -2.29. The molecule has 0 heterocycles. The first-order chi connectivity index (χ1) is 9.75. The Hall–Kier alpha value is -1.59. The zero-order valence-corrected chi connectivity index (χ0v) is 13.6. The zero-order valence-electron chi connectivity index (χ0n) is 13.6. The van der Waals surface area contributed by atoms with Crippen LogP contribution in [0.4, 0.5) is 0 Å². The third-order valence-corrected chi connectivity index (χ3v) is 3.33. The van der Waals surface area contributed by atoms with Crippen molar-refractivity contribution in [3.8, 4) is 5.75 Å². The van der Waals surface area contributed by atoms with Gasteiger partial charge in [0.25, 0.3) is 0 Å². The first-order valence-corrected chi connectivity index (χ1v) is 7.22. The Labute approximate surface area is 127 Å². The first kappa shape index (κ1) is 17.5. The predicted molar refractivity (Wildman–Crippen MR) is 85.3 cm³/mol. The molecule has 21 heavy (non-hydrogen) atoms. The smallest absolute Gasteiger partial charge is 0.242 e. The van der Waals surface area contributed by atoms with Crippen molar-refractivity contribution in [3.63, 3.8) is 0 Å². The van der Waals surface area contributed by atoms with Crippen LogP contribution in [0, 0.1) is 0 Å². The van der Waals surface area contributed by atoms with Gasteiger partial charge >= 0.3 is 0 Å². The molecule has 1 unspecified atom stereocenters. The Balaban J connectivity index is 2.86. The summed E-state index contributed by atoms with van der Waals surface area (Å²) < 4.78 is 5.61. The van der Waals surface area contributed by atoms with Crippen LogP contribution < -0.4 is 15.8 Å². The highest BCUT2D eigenvalue weighted by atomic mass is 16.5. The van der Waals surface area contributed by atoms with Gasteiger partial charge in [-0.3, -0.25) is 10.1 Å². The molecule has 5 nitrogen and oxygen atoms in total. The van der Waals surface area contributed by atoms with E-state index in [2.05, 4.69) is 5.32 Å². The summed E-state index contributed by atoms with van der Waals surface area (Å²) in [5.41, 5.74) is 5.55. The van der Waals surface area contributed by atoms with E-state index < -0.39 is 11.4 Å². The van der Waals surface area contributed by atoms with Crippen molar-refractivity contribution in [1.82, 2.24) is 10.2 Å². The minimum atomic E-state index is -0.883. The van der Waals surface area contributed by atoms with E-state index in [0.29, 0.717) is 6.54 Å². The van der Waals surface area contributed by atoms with Gasteiger partial charge in [0.2, 0.25) is 5.91 Å². The molecule has 0 saturated heterocycles. The van der Waals surface area contributed by atoms with Crippen molar-refractivity contribution in [2.75, 3.05) is 27.2 Å². The van der Waals surface area contributed by atoms with Gasteiger partial charge in [0.05, 0.1) is 6.10 Å². The largest absolute Gasteiger partial charge is 0.491 e. The van der Waals surface area contributed by atoms with E-state index >= 15 is 0 Å². The number of carbonyl (C=O) groups excluding carboxylic acids is 1. The lowest BCUT2D eigenvalue weighted by molar-refractivity contribution is -0.124. The summed E-state index contributed by atoms with van der Waals surface area (Å²) in [7, 11) is 3.97. The molecule has 5 heteroatoms. The number of hydrogen-bond donors (Lipinski definition) is 2. The molecule has 0 fully saturated rings. The number of benzene rings is 1. The quantitative estimate of drug-likeness (QED) is 0.759. The highest BCUT2D eigenvalue weighted by molar-refractivity contribution is 5.85. The molecule has 1 aromatic rings. The highest BCUT2D eigenvalue weighted by Gasteiger charge is 2.32. The average molecular weight is 293 g/mol. The second-order valence-corrected chi connectivity index (χ2v) is 5.91. The maximum absolute atomic E-state index is 11.9. The van der Waals surface area contributed by atoms with Crippen molar-refractivity contribution in [2.24, 2.45) is 5.73 Å². The third-order valence-electron chi connectivity index (χ3n) is 3.33. The fourth-order valence-corrected chi connectivity index (χ4v) is 2.00. The molecule has 0 spiro atoms. The van der Waals surface area contributed by atoms with Crippen LogP contribution in [-0.4, -0.2) is 44.1 Å². The van der Waals surface area contributed by atoms with Crippen LogP contribution in [0.2, 0.25) is 0 Å². The van der Waals surface area contributed by atoms with Crippen LogP contribution in [0.5, 0.6) is 5.75 Å². The zero-order chi connectivity index (χ0) is 16.0. The van der Waals surface area contributed by atoms with Gasteiger partial charge in [-0.2, -0.15) is 0 Å². The molecule has 0 radical (unpaired) electrons. The molecule has 0 saturated carbocycles. The van der Waals surface area contributed by atoms with Crippen LogP contribution >= 0.6 is 0 Å². The van der Waals surface area contributed by atoms with Crippen LogP contribution in [0.25, 0.3) is 0 Å². The molecule has 0 aliphatic rings. The molecule has 0 aliphatic carbocycles. The van der Waals surface area contributed by atoms with Crippen molar-refractivity contribution >= 4 is 5.91 Å². The number of hydrogen-bond acceptors (Lipinski definition) is 4. The van der Waals surface area contributed by atoms with E-state index in [1.165, 1.54) is 0 Å². The van der Waals surface area contributed by atoms with Crippen molar-refractivity contribution in [3.05, 3.63) is 29.8 Å². The molecule has 1 rings (SSSR count). The predicted octanol–water partition coefficient (Wildman–Crippen LogP) is 1.33. The van der Waals surface area contributed by atoms with Gasteiger partial charge in [-0.25, -0.2) is 0 Å². The first-order valence-electron chi connectivity index (χ1n) is 7.22. The number of ether oxygens (including phenoxy) is 1. The molecule has 0 aliphatic heterocycles. The van der Waals surface area contributed by atoms with E-state index in [9.17, 15) is 4.79 Å². The minimum Gasteiger partial charge on any atom is -0.491 e. The molecule has 0 bridgehead atoms. The Morgan fingerprint density at radius 2 is 1.90 bits per heavy atom. The van der Waals surface area contributed by atoms with Crippen LogP contribution in [0.3, 0.4) is 0 Å². The summed E-state index contributed by atoms with van der Waals surface area (Å²) >= 11 is 0. The normalized spacial score (nSPS) is 14.2. The molecule has 3 N–H and O–H groups in total. The van der Waals surface area contributed by atoms with E-state index in [-0.39, 0.29) is 6.10 Å². The summed E-state index contributed by atoms with van der Waals surface area (Å²) in [5.74, 6) is 0.396. The van der Waals surface area contributed by atoms with E-state index in [4.69, 9.17) is 10.5 Å². The summed E-state index contributed by atoms with van der Waals surface area (Å²) in [4.78, 5) is 13.9. The number of carbonyl (C=O) groups is 1. The molecular formula is C16H27N3O2. The Morgan fingerprint density at radius 3 is 2.33 bits per heavy atom. The lowest BCUT2D eigenvalue weighted by atomic mass is 9.91. The topological polar surface area (TPSA) is 67.6 Å². The Bertz CT molecular complexity index is 457. The number of likely N-dealkylation sites (N-methyl/N-ethyl adjacent to an activating group) is 1.